The van der Waals surface area contributed by atoms with Gasteiger partial charge in [-0.15, -0.1) is 0 Å². The zero-order valence-corrected chi connectivity index (χ0v) is 17.6. The first-order chi connectivity index (χ1) is 16.1. The molecule has 4 aromatic rings. The van der Waals surface area contributed by atoms with Crippen molar-refractivity contribution in [2.75, 3.05) is 11.5 Å². The van der Waals surface area contributed by atoms with E-state index in [2.05, 4.69) is 0 Å². The van der Waals surface area contributed by atoms with E-state index >= 15 is 0 Å². The van der Waals surface area contributed by atoms with Crippen molar-refractivity contribution >= 4 is 23.3 Å². The van der Waals surface area contributed by atoms with E-state index in [-0.39, 0.29) is 24.2 Å². The third kappa shape index (κ3) is 3.92. The fourth-order valence-electron chi connectivity index (χ4n) is 3.83. The highest BCUT2D eigenvalue weighted by Gasteiger charge is 2.36. The fraction of sp³-hybridized carbons (Fsp3) is 0.0357. The molecule has 160 valence electrons. The number of amides is 2. The van der Waals surface area contributed by atoms with Gasteiger partial charge < -0.3 is 4.74 Å². The number of ether oxygens (including phenoxy) is 1. The van der Waals surface area contributed by atoms with Gasteiger partial charge in [0.05, 0.1) is 16.8 Å². The molecular formula is C28H19NO4. The first-order valence-corrected chi connectivity index (χ1v) is 10.5. The lowest BCUT2D eigenvalue weighted by Crippen LogP contribution is -2.29. The van der Waals surface area contributed by atoms with Crippen LogP contribution in [0.15, 0.2) is 103 Å². The summed E-state index contributed by atoms with van der Waals surface area (Å²) in [5, 5.41) is 0. The van der Waals surface area contributed by atoms with E-state index in [0.29, 0.717) is 28.1 Å². The molecule has 0 saturated heterocycles. The molecule has 0 atom stereocenters. The SMILES string of the molecule is O=C(COc1ccc(N2C(=O)c3ccccc3C2=O)cc1)c1ccc(-c2ccccc2)cc1. The van der Waals surface area contributed by atoms with E-state index < -0.39 is 0 Å². The minimum absolute atomic E-state index is 0.114. The van der Waals surface area contributed by atoms with Gasteiger partial charge in [-0.2, -0.15) is 0 Å². The van der Waals surface area contributed by atoms with Crippen molar-refractivity contribution in [1.82, 2.24) is 0 Å². The normalized spacial score (nSPS) is 12.5. The molecule has 0 fully saturated rings. The molecule has 5 nitrogen and oxygen atoms in total. The molecule has 4 aromatic carbocycles. The second kappa shape index (κ2) is 8.55. The molecule has 0 radical (unpaired) electrons. The zero-order chi connectivity index (χ0) is 22.8. The van der Waals surface area contributed by atoms with Crippen molar-refractivity contribution < 1.29 is 19.1 Å². The van der Waals surface area contributed by atoms with E-state index in [0.717, 1.165) is 16.0 Å². The molecule has 0 saturated carbocycles. The highest BCUT2D eigenvalue weighted by molar-refractivity contribution is 6.34. The van der Waals surface area contributed by atoms with Gasteiger partial charge in [-0.05, 0) is 47.5 Å². The molecule has 1 heterocycles. The maximum atomic E-state index is 12.6. The van der Waals surface area contributed by atoms with Crippen molar-refractivity contribution in [2.45, 2.75) is 0 Å². The molecule has 5 heteroatoms. The highest BCUT2D eigenvalue weighted by atomic mass is 16.5. The van der Waals surface area contributed by atoms with Gasteiger partial charge in [-0.3, -0.25) is 14.4 Å². The van der Waals surface area contributed by atoms with E-state index in [4.69, 9.17) is 4.74 Å². The Kier molecular flexibility index (Phi) is 5.29. The van der Waals surface area contributed by atoms with Crippen molar-refractivity contribution in [1.29, 1.82) is 0 Å². The third-order valence-electron chi connectivity index (χ3n) is 5.57. The van der Waals surface area contributed by atoms with Gasteiger partial charge in [0, 0.05) is 5.56 Å². The lowest BCUT2D eigenvalue weighted by molar-refractivity contribution is 0.0915. The van der Waals surface area contributed by atoms with Crippen LogP contribution in [0.3, 0.4) is 0 Å². The number of Topliss-reactive ketones (excluding diaryl/α,β-unsaturated/α-hetero) is 1. The summed E-state index contributed by atoms with van der Waals surface area (Å²) in [4.78, 5) is 38.9. The van der Waals surface area contributed by atoms with E-state index in [1.54, 1.807) is 60.7 Å². The van der Waals surface area contributed by atoms with Crippen LogP contribution in [0.4, 0.5) is 5.69 Å². The number of anilines is 1. The number of hydrogen-bond acceptors (Lipinski definition) is 4. The van der Waals surface area contributed by atoms with Gasteiger partial charge in [0.15, 0.2) is 12.4 Å². The second-order valence-electron chi connectivity index (χ2n) is 7.64. The summed E-state index contributed by atoms with van der Waals surface area (Å²) in [6, 6.07) is 30.7. The predicted octanol–water partition coefficient (Wildman–Crippen LogP) is 5.42. The van der Waals surface area contributed by atoms with Gasteiger partial charge in [-0.1, -0.05) is 66.7 Å². The van der Waals surface area contributed by atoms with Crippen LogP contribution in [0.25, 0.3) is 11.1 Å². The van der Waals surface area contributed by atoms with Gasteiger partial charge >= 0.3 is 0 Å². The summed E-state index contributed by atoms with van der Waals surface area (Å²) in [5.74, 6) is -0.361. The number of nitrogens with zero attached hydrogens (tertiary/aromatic N) is 1. The van der Waals surface area contributed by atoms with Crippen molar-refractivity contribution in [3.05, 3.63) is 120 Å². The summed E-state index contributed by atoms with van der Waals surface area (Å²) in [7, 11) is 0. The van der Waals surface area contributed by atoms with Crippen LogP contribution < -0.4 is 9.64 Å². The van der Waals surface area contributed by atoms with Gasteiger partial charge in [0.1, 0.15) is 5.75 Å². The largest absolute Gasteiger partial charge is 0.485 e. The molecule has 1 aliphatic heterocycles. The Balaban J connectivity index is 1.23. The number of carbonyl (C=O) groups is 3. The summed E-state index contributed by atoms with van der Waals surface area (Å²) >= 11 is 0. The smallest absolute Gasteiger partial charge is 0.266 e. The molecule has 0 aliphatic carbocycles. The second-order valence-corrected chi connectivity index (χ2v) is 7.64. The lowest BCUT2D eigenvalue weighted by atomic mass is 10.0. The molecule has 0 N–H and O–H groups in total. The standard InChI is InChI=1S/C28H19NO4/c30-26(21-12-10-20(11-13-21)19-6-2-1-3-7-19)18-33-23-16-14-22(15-17-23)29-27(31)24-8-4-5-9-25(24)28(29)32/h1-17H,18H2. The number of fused-ring (bicyclic) bond motifs is 1. The number of carbonyl (C=O) groups excluding carboxylic acids is 3. The van der Waals surface area contributed by atoms with Crippen molar-refractivity contribution in [3.8, 4) is 16.9 Å². The molecule has 2 amide bonds. The zero-order valence-electron chi connectivity index (χ0n) is 17.6. The number of hydrogen-bond donors (Lipinski definition) is 0. The van der Waals surface area contributed by atoms with Crippen LogP contribution in [-0.2, 0) is 0 Å². The summed E-state index contributed by atoms with van der Waals surface area (Å²) in [5.41, 5.74) is 3.94. The summed E-state index contributed by atoms with van der Waals surface area (Å²) in [6.45, 7) is -0.114. The predicted molar refractivity (Wildman–Crippen MR) is 126 cm³/mol. The van der Waals surface area contributed by atoms with Gasteiger partial charge in [0.2, 0.25) is 0 Å². The molecule has 0 aromatic heterocycles. The van der Waals surface area contributed by atoms with Crippen LogP contribution in [-0.4, -0.2) is 24.2 Å². The third-order valence-corrected chi connectivity index (χ3v) is 5.57. The summed E-state index contributed by atoms with van der Waals surface area (Å²) in [6.07, 6.45) is 0. The Bertz CT molecular complexity index is 1310. The lowest BCUT2D eigenvalue weighted by Gasteiger charge is -2.14. The van der Waals surface area contributed by atoms with Crippen LogP contribution in [0.2, 0.25) is 0 Å². The minimum Gasteiger partial charge on any atom is -0.485 e. The van der Waals surface area contributed by atoms with Crippen LogP contribution in [0.5, 0.6) is 5.75 Å². The molecular weight excluding hydrogens is 414 g/mol. The average molecular weight is 433 g/mol. The number of rotatable bonds is 6. The Labute approximate surface area is 190 Å². The van der Waals surface area contributed by atoms with Crippen LogP contribution in [0.1, 0.15) is 31.1 Å². The number of imide groups is 1. The monoisotopic (exact) mass is 433 g/mol. The average Bonchev–Trinajstić information content (AvgIpc) is 3.13. The van der Waals surface area contributed by atoms with Crippen molar-refractivity contribution in [3.63, 3.8) is 0 Å². The maximum Gasteiger partial charge on any atom is 0.266 e. The number of ketones is 1. The van der Waals surface area contributed by atoms with Crippen LogP contribution >= 0.6 is 0 Å². The first-order valence-electron chi connectivity index (χ1n) is 10.5. The Hall–Kier alpha value is -4.51. The highest BCUT2D eigenvalue weighted by Crippen LogP contribution is 2.29. The van der Waals surface area contributed by atoms with Crippen LogP contribution in [0, 0.1) is 0 Å². The van der Waals surface area contributed by atoms with E-state index in [1.165, 1.54) is 0 Å². The Morgan fingerprint density at radius 1 is 0.636 bits per heavy atom. The fourth-order valence-corrected chi connectivity index (χ4v) is 3.83. The molecule has 0 bridgehead atoms. The molecule has 0 spiro atoms. The van der Waals surface area contributed by atoms with Crippen molar-refractivity contribution in [2.24, 2.45) is 0 Å². The van der Waals surface area contributed by atoms with Gasteiger partial charge in [-0.25, -0.2) is 4.90 Å². The molecule has 1 aliphatic rings. The first kappa shape index (κ1) is 20.4. The Morgan fingerprint density at radius 3 is 1.79 bits per heavy atom. The number of benzene rings is 4. The summed E-state index contributed by atoms with van der Waals surface area (Å²) < 4.78 is 5.63. The minimum atomic E-state index is -0.349. The topological polar surface area (TPSA) is 63.7 Å². The molecule has 33 heavy (non-hydrogen) atoms. The Morgan fingerprint density at radius 2 is 1.18 bits per heavy atom. The molecule has 5 rings (SSSR count). The van der Waals surface area contributed by atoms with E-state index in [9.17, 15) is 14.4 Å². The maximum absolute atomic E-state index is 12.6. The quantitative estimate of drug-likeness (QED) is 0.301. The van der Waals surface area contributed by atoms with Gasteiger partial charge in [0.25, 0.3) is 11.8 Å². The molecule has 0 unspecified atom stereocenters. The van der Waals surface area contributed by atoms with E-state index in [1.807, 2.05) is 42.5 Å².